The van der Waals surface area contributed by atoms with Crippen molar-refractivity contribution in [2.75, 3.05) is 6.61 Å². The Morgan fingerprint density at radius 1 is 1.00 bits per heavy atom. The summed E-state index contributed by atoms with van der Waals surface area (Å²) >= 11 is 9.13. The molecule has 0 aliphatic rings. The standard InChI is InChI=1S/C21H21BrClNO4/c1-13(2)11-18(24-20(26)15-5-9-17(23)10-6-15)21(27)28-12-19(25)14-3-7-16(22)8-4-14/h3-10,13,18H,11-12H2,1-2H3,(H,24,26). The van der Waals surface area contributed by atoms with Crippen LogP contribution in [0.25, 0.3) is 0 Å². The van der Waals surface area contributed by atoms with E-state index in [2.05, 4.69) is 21.2 Å². The van der Waals surface area contributed by atoms with Crippen LogP contribution in [0, 0.1) is 5.92 Å². The second kappa shape index (κ2) is 10.4. The summed E-state index contributed by atoms with van der Waals surface area (Å²) in [5.74, 6) is -1.21. The molecule has 0 spiro atoms. The molecule has 1 unspecified atom stereocenters. The van der Waals surface area contributed by atoms with E-state index in [1.807, 2.05) is 13.8 Å². The summed E-state index contributed by atoms with van der Waals surface area (Å²) in [5, 5.41) is 3.20. The molecule has 2 aromatic carbocycles. The van der Waals surface area contributed by atoms with Crippen LogP contribution in [0.15, 0.2) is 53.0 Å². The van der Waals surface area contributed by atoms with Crippen molar-refractivity contribution in [2.45, 2.75) is 26.3 Å². The van der Waals surface area contributed by atoms with Gasteiger partial charge in [0.1, 0.15) is 6.04 Å². The zero-order chi connectivity index (χ0) is 20.7. The Morgan fingerprint density at radius 2 is 1.57 bits per heavy atom. The van der Waals surface area contributed by atoms with E-state index in [9.17, 15) is 14.4 Å². The number of carbonyl (C=O) groups is 3. The Bertz CT molecular complexity index is 834. The van der Waals surface area contributed by atoms with E-state index in [0.29, 0.717) is 22.6 Å². The lowest BCUT2D eigenvalue weighted by atomic mass is 10.0. The highest BCUT2D eigenvalue weighted by Gasteiger charge is 2.25. The predicted molar refractivity (Wildman–Crippen MR) is 112 cm³/mol. The molecule has 0 aromatic heterocycles. The first-order valence-corrected chi connectivity index (χ1v) is 9.95. The molecule has 2 rings (SSSR count). The molecular formula is C21H21BrClNO4. The van der Waals surface area contributed by atoms with E-state index >= 15 is 0 Å². The van der Waals surface area contributed by atoms with Crippen LogP contribution in [0.1, 0.15) is 41.0 Å². The number of rotatable bonds is 8. The minimum absolute atomic E-state index is 0.144. The molecule has 0 radical (unpaired) electrons. The number of ketones is 1. The van der Waals surface area contributed by atoms with Gasteiger partial charge in [-0.1, -0.05) is 53.5 Å². The number of ether oxygens (including phenoxy) is 1. The molecule has 0 aliphatic carbocycles. The minimum atomic E-state index is -0.846. The second-order valence-corrected chi connectivity index (χ2v) is 8.05. The molecule has 7 heteroatoms. The van der Waals surface area contributed by atoms with Crippen LogP contribution in [0.5, 0.6) is 0 Å². The van der Waals surface area contributed by atoms with E-state index in [-0.39, 0.29) is 18.3 Å². The molecule has 5 nitrogen and oxygen atoms in total. The van der Waals surface area contributed by atoms with Crippen molar-refractivity contribution in [3.05, 3.63) is 69.2 Å². The van der Waals surface area contributed by atoms with Crippen molar-refractivity contribution in [2.24, 2.45) is 5.92 Å². The van der Waals surface area contributed by atoms with Gasteiger partial charge in [-0.25, -0.2) is 4.79 Å². The molecule has 1 atom stereocenters. The van der Waals surface area contributed by atoms with Crippen LogP contribution in [0.2, 0.25) is 5.02 Å². The molecule has 0 bridgehead atoms. The summed E-state index contributed by atoms with van der Waals surface area (Å²) in [6.45, 7) is 3.48. The highest BCUT2D eigenvalue weighted by atomic mass is 79.9. The van der Waals surface area contributed by atoms with Crippen LogP contribution in [-0.2, 0) is 9.53 Å². The lowest BCUT2D eigenvalue weighted by Crippen LogP contribution is -2.43. The van der Waals surface area contributed by atoms with Gasteiger partial charge < -0.3 is 10.1 Å². The minimum Gasteiger partial charge on any atom is -0.456 e. The zero-order valence-electron chi connectivity index (χ0n) is 15.6. The van der Waals surface area contributed by atoms with Gasteiger partial charge in [0, 0.05) is 20.6 Å². The number of Topliss-reactive ketones (excluding diaryl/α,β-unsaturated/α-hetero) is 1. The van der Waals surface area contributed by atoms with Crippen LogP contribution < -0.4 is 5.32 Å². The Labute approximate surface area is 177 Å². The van der Waals surface area contributed by atoms with Gasteiger partial charge in [-0.2, -0.15) is 0 Å². The number of amides is 1. The first-order chi connectivity index (χ1) is 13.3. The van der Waals surface area contributed by atoms with Gasteiger partial charge in [0.2, 0.25) is 0 Å². The largest absolute Gasteiger partial charge is 0.456 e. The summed E-state index contributed by atoms with van der Waals surface area (Å²) in [6, 6.07) is 12.3. The molecule has 0 fully saturated rings. The van der Waals surface area contributed by atoms with E-state index in [1.165, 1.54) is 0 Å². The van der Waals surface area contributed by atoms with E-state index in [0.717, 1.165) is 4.47 Å². The van der Waals surface area contributed by atoms with Crippen LogP contribution in [-0.4, -0.2) is 30.3 Å². The molecule has 148 valence electrons. The normalized spacial score (nSPS) is 11.8. The maximum Gasteiger partial charge on any atom is 0.329 e. The summed E-state index contributed by atoms with van der Waals surface area (Å²) in [5.41, 5.74) is 0.832. The van der Waals surface area contributed by atoms with E-state index in [1.54, 1.807) is 48.5 Å². The van der Waals surface area contributed by atoms with Crippen LogP contribution in [0.4, 0.5) is 0 Å². The van der Waals surface area contributed by atoms with E-state index < -0.39 is 17.9 Å². The molecule has 0 saturated carbocycles. The van der Waals surface area contributed by atoms with Crippen molar-refractivity contribution in [3.63, 3.8) is 0 Å². The molecule has 0 saturated heterocycles. The van der Waals surface area contributed by atoms with Gasteiger partial charge in [0.05, 0.1) is 0 Å². The third kappa shape index (κ3) is 6.77. The van der Waals surface area contributed by atoms with Crippen molar-refractivity contribution in [1.29, 1.82) is 0 Å². The number of nitrogens with one attached hydrogen (secondary N) is 1. The number of hydrogen-bond acceptors (Lipinski definition) is 4. The van der Waals surface area contributed by atoms with Gasteiger partial charge in [0.25, 0.3) is 5.91 Å². The Hall–Kier alpha value is -2.18. The molecule has 28 heavy (non-hydrogen) atoms. The quantitative estimate of drug-likeness (QED) is 0.453. The van der Waals surface area contributed by atoms with E-state index in [4.69, 9.17) is 16.3 Å². The summed E-state index contributed by atoms with van der Waals surface area (Å²) in [4.78, 5) is 37.1. The first kappa shape index (κ1) is 22.1. The fraction of sp³-hybridized carbons (Fsp3) is 0.286. The smallest absolute Gasteiger partial charge is 0.329 e. The molecule has 1 amide bonds. The van der Waals surface area contributed by atoms with Crippen LogP contribution >= 0.6 is 27.5 Å². The lowest BCUT2D eigenvalue weighted by molar-refractivity contribution is -0.145. The molecule has 2 aromatic rings. The Kier molecular flexibility index (Phi) is 8.20. The van der Waals surface area contributed by atoms with Gasteiger partial charge in [-0.05, 0) is 48.7 Å². The molecule has 1 N–H and O–H groups in total. The number of benzene rings is 2. The fourth-order valence-electron chi connectivity index (χ4n) is 2.48. The third-order valence-electron chi connectivity index (χ3n) is 3.92. The SMILES string of the molecule is CC(C)CC(NC(=O)c1ccc(Cl)cc1)C(=O)OCC(=O)c1ccc(Br)cc1. The van der Waals surface area contributed by atoms with Crippen molar-refractivity contribution in [1.82, 2.24) is 5.32 Å². The first-order valence-electron chi connectivity index (χ1n) is 8.78. The van der Waals surface area contributed by atoms with Crippen LogP contribution in [0.3, 0.4) is 0 Å². The maximum absolute atomic E-state index is 12.5. The van der Waals surface area contributed by atoms with Crippen molar-refractivity contribution < 1.29 is 19.1 Å². The maximum atomic E-state index is 12.5. The third-order valence-corrected chi connectivity index (χ3v) is 4.70. The monoisotopic (exact) mass is 465 g/mol. The second-order valence-electron chi connectivity index (χ2n) is 6.70. The summed E-state index contributed by atoms with van der Waals surface area (Å²) in [7, 11) is 0. The molecule has 0 heterocycles. The highest BCUT2D eigenvalue weighted by molar-refractivity contribution is 9.10. The summed E-state index contributed by atoms with van der Waals surface area (Å²) in [6.07, 6.45) is 0.393. The van der Waals surface area contributed by atoms with Gasteiger partial charge >= 0.3 is 5.97 Å². The lowest BCUT2D eigenvalue weighted by Gasteiger charge is -2.19. The Balaban J connectivity index is 1.99. The zero-order valence-corrected chi connectivity index (χ0v) is 17.9. The average molecular weight is 467 g/mol. The van der Waals surface area contributed by atoms with Crippen molar-refractivity contribution in [3.8, 4) is 0 Å². The number of carbonyl (C=O) groups excluding carboxylic acids is 3. The number of esters is 1. The van der Waals surface area contributed by atoms with Gasteiger partial charge in [-0.3, -0.25) is 9.59 Å². The number of halogens is 2. The average Bonchev–Trinajstić information content (AvgIpc) is 2.66. The fourth-order valence-corrected chi connectivity index (χ4v) is 2.88. The molecule has 0 aliphatic heterocycles. The van der Waals surface area contributed by atoms with Crippen molar-refractivity contribution >= 4 is 45.2 Å². The summed E-state index contributed by atoms with van der Waals surface area (Å²) < 4.78 is 6.02. The van der Waals surface area contributed by atoms with Gasteiger partial charge in [-0.15, -0.1) is 0 Å². The topological polar surface area (TPSA) is 72.5 Å². The predicted octanol–water partition coefficient (Wildman–Crippen LogP) is 4.67. The highest BCUT2D eigenvalue weighted by Crippen LogP contribution is 2.13. The van der Waals surface area contributed by atoms with Gasteiger partial charge in [0.15, 0.2) is 12.4 Å². The number of hydrogen-bond donors (Lipinski definition) is 1. The Morgan fingerprint density at radius 3 is 2.14 bits per heavy atom. The molecular weight excluding hydrogens is 446 g/mol.